The number of benzene rings is 1. The maximum atomic E-state index is 11.6. The molecule has 0 aliphatic carbocycles. The zero-order valence-electron chi connectivity index (χ0n) is 8.25. The molecule has 1 aromatic carbocycles. The number of hydrogen-bond donors (Lipinski definition) is 1. The summed E-state index contributed by atoms with van der Waals surface area (Å²) in [7, 11) is 0. The summed E-state index contributed by atoms with van der Waals surface area (Å²) in [5, 5.41) is 2.02. The first-order valence-corrected chi connectivity index (χ1v) is 5.70. The van der Waals surface area contributed by atoms with E-state index in [1.54, 1.807) is 18.2 Å². The second kappa shape index (κ2) is 4.37. The van der Waals surface area contributed by atoms with Crippen LogP contribution in [0.1, 0.15) is 22.0 Å². The summed E-state index contributed by atoms with van der Waals surface area (Å²) < 4.78 is 3.06. The van der Waals surface area contributed by atoms with Crippen LogP contribution in [0.5, 0.6) is 0 Å². The van der Waals surface area contributed by atoms with E-state index in [4.69, 9.17) is 39.5 Å². The van der Waals surface area contributed by atoms with Crippen molar-refractivity contribution in [2.45, 2.75) is 9.90 Å². The van der Waals surface area contributed by atoms with Crippen molar-refractivity contribution in [3.05, 3.63) is 35.4 Å². The van der Waals surface area contributed by atoms with Crippen molar-refractivity contribution in [1.82, 2.24) is 5.32 Å². The molecule has 4 nitrogen and oxygen atoms in total. The number of fused-ring (bicyclic) bond motifs is 1. The quantitative estimate of drug-likeness (QED) is 0.748. The lowest BCUT2D eigenvalue weighted by Gasteiger charge is -2.23. The van der Waals surface area contributed by atoms with Crippen LogP contribution in [0.3, 0.4) is 0 Å². The number of nitrogens with one attached hydrogen (secondary N) is 1. The number of hydrogen-bond acceptors (Lipinski definition) is 3. The molecule has 0 aromatic heterocycles. The monoisotopic (exact) mass is 293 g/mol. The van der Waals surface area contributed by atoms with E-state index >= 15 is 0 Å². The van der Waals surface area contributed by atoms with Gasteiger partial charge >= 0.3 is 6.09 Å². The molecule has 2 rings (SSSR count). The molecule has 0 bridgehead atoms. The van der Waals surface area contributed by atoms with Gasteiger partial charge in [0.05, 0.1) is 0 Å². The molecule has 1 aliphatic rings. The fraction of sp³-hybridized carbons (Fsp3) is 0.200. The molecule has 1 atom stereocenters. The van der Waals surface area contributed by atoms with E-state index in [0.29, 0.717) is 5.56 Å². The fourth-order valence-corrected chi connectivity index (χ4v) is 2.02. The van der Waals surface area contributed by atoms with Gasteiger partial charge in [-0.25, -0.2) is 4.79 Å². The van der Waals surface area contributed by atoms with Gasteiger partial charge in [-0.3, -0.25) is 10.1 Å². The molecule has 0 fully saturated rings. The van der Waals surface area contributed by atoms with Crippen LogP contribution in [-0.2, 0) is 4.74 Å². The number of cyclic esters (lactones) is 1. The maximum absolute atomic E-state index is 11.6. The third kappa shape index (κ3) is 2.49. The third-order valence-corrected chi connectivity index (χ3v) is 2.82. The average molecular weight is 295 g/mol. The van der Waals surface area contributed by atoms with Crippen molar-refractivity contribution < 1.29 is 14.3 Å². The zero-order valence-corrected chi connectivity index (χ0v) is 10.5. The zero-order chi connectivity index (χ0) is 12.6. The van der Waals surface area contributed by atoms with Crippen molar-refractivity contribution in [3.8, 4) is 0 Å². The van der Waals surface area contributed by atoms with Crippen LogP contribution in [0.25, 0.3) is 0 Å². The number of halogens is 3. The average Bonchev–Trinajstić information content (AvgIpc) is 2.36. The molecule has 0 spiro atoms. The van der Waals surface area contributed by atoms with Gasteiger partial charge in [0.25, 0.3) is 5.91 Å². The highest BCUT2D eigenvalue weighted by molar-refractivity contribution is 6.68. The first-order valence-electron chi connectivity index (χ1n) is 4.57. The van der Waals surface area contributed by atoms with E-state index in [0.717, 1.165) is 0 Å². The van der Waals surface area contributed by atoms with Crippen LogP contribution in [0.2, 0.25) is 0 Å². The number of alkyl halides is 3. The smallest absolute Gasteiger partial charge is 0.414 e. The summed E-state index contributed by atoms with van der Waals surface area (Å²) in [5.41, 5.74) is 0.602. The third-order valence-electron chi connectivity index (χ3n) is 2.23. The van der Waals surface area contributed by atoms with Crippen LogP contribution in [-0.4, -0.2) is 15.8 Å². The molecule has 0 radical (unpaired) electrons. The molecule has 0 saturated heterocycles. The van der Waals surface area contributed by atoms with E-state index in [1.807, 2.05) is 5.32 Å². The standard InChI is InChI=1S/C10H6Cl3NO3/c11-10(12,13)7-5-3-1-2-4-6(5)8(15)14-9(16)17-7/h1-4,7H,(H,14,15,16). The van der Waals surface area contributed by atoms with Gasteiger partial charge in [0, 0.05) is 11.1 Å². The minimum absolute atomic E-state index is 0.245. The number of imide groups is 1. The number of ether oxygens (including phenoxy) is 1. The Hall–Kier alpha value is -0.970. The topological polar surface area (TPSA) is 55.4 Å². The number of carbonyl (C=O) groups excluding carboxylic acids is 2. The molecular formula is C10H6Cl3NO3. The van der Waals surface area contributed by atoms with Gasteiger partial charge in [-0.15, -0.1) is 0 Å². The van der Waals surface area contributed by atoms with Crippen molar-refractivity contribution in [3.63, 3.8) is 0 Å². The van der Waals surface area contributed by atoms with Crippen molar-refractivity contribution in [2.75, 3.05) is 0 Å². The van der Waals surface area contributed by atoms with Gasteiger partial charge < -0.3 is 4.74 Å². The lowest BCUT2D eigenvalue weighted by molar-refractivity contribution is 0.0881. The Balaban J connectivity index is 2.57. The van der Waals surface area contributed by atoms with Gasteiger partial charge in [-0.2, -0.15) is 0 Å². The second-order valence-corrected chi connectivity index (χ2v) is 5.74. The van der Waals surface area contributed by atoms with Crippen LogP contribution >= 0.6 is 34.8 Å². The molecule has 1 N–H and O–H groups in total. The highest BCUT2D eigenvalue weighted by atomic mass is 35.6. The Morgan fingerprint density at radius 1 is 1.18 bits per heavy atom. The van der Waals surface area contributed by atoms with E-state index in [1.165, 1.54) is 6.07 Å². The van der Waals surface area contributed by atoms with Crippen LogP contribution in [0, 0.1) is 0 Å². The SMILES string of the molecule is O=C1NC(=O)c2ccccc2C(C(Cl)(Cl)Cl)O1. The normalized spacial score (nSPS) is 20.1. The minimum atomic E-state index is -1.85. The van der Waals surface area contributed by atoms with Crippen LogP contribution < -0.4 is 5.32 Å². The summed E-state index contributed by atoms with van der Waals surface area (Å²) in [6.07, 6.45) is -2.07. The lowest BCUT2D eigenvalue weighted by Crippen LogP contribution is -2.30. The summed E-state index contributed by atoms with van der Waals surface area (Å²) in [6.45, 7) is 0. The Labute approximate surface area is 112 Å². The summed E-state index contributed by atoms with van der Waals surface area (Å²) in [4.78, 5) is 22.9. The van der Waals surface area contributed by atoms with Crippen molar-refractivity contribution >= 4 is 46.8 Å². The fourth-order valence-electron chi connectivity index (χ4n) is 1.54. The molecule has 0 saturated carbocycles. The minimum Gasteiger partial charge on any atom is -0.436 e. The van der Waals surface area contributed by atoms with Gasteiger partial charge in [-0.1, -0.05) is 53.0 Å². The largest absolute Gasteiger partial charge is 0.436 e. The Bertz CT molecular complexity index is 484. The number of alkyl carbamates (subject to hydrolysis) is 1. The summed E-state index contributed by atoms with van der Waals surface area (Å²) >= 11 is 17.2. The van der Waals surface area contributed by atoms with E-state index < -0.39 is 21.9 Å². The van der Waals surface area contributed by atoms with Gasteiger partial charge in [-0.05, 0) is 6.07 Å². The van der Waals surface area contributed by atoms with Gasteiger partial charge in [0.1, 0.15) is 0 Å². The maximum Gasteiger partial charge on any atom is 0.414 e. The predicted molar refractivity (Wildman–Crippen MR) is 63.4 cm³/mol. The lowest BCUT2D eigenvalue weighted by atomic mass is 10.0. The van der Waals surface area contributed by atoms with Crippen molar-refractivity contribution in [2.24, 2.45) is 0 Å². The first-order chi connectivity index (χ1) is 7.89. The molecule has 90 valence electrons. The number of rotatable bonds is 0. The van der Waals surface area contributed by atoms with Crippen LogP contribution in [0.15, 0.2) is 24.3 Å². The molecule has 1 aromatic rings. The number of amides is 2. The van der Waals surface area contributed by atoms with Crippen LogP contribution in [0.4, 0.5) is 4.79 Å². The molecule has 7 heteroatoms. The molecule has 1 heterocycles. The molecule has 1 unspecified atom stereocenters. The molecular weight excluding hydrogens is 288 g/mol. The Morgan fingerprint density at radius 3 is 2.47 bits per heavy atom. The highest BCUT2D eigenvalue weighted by Crippen LogP contribution is 2.44. The predicted octanol–water partition coefficient (Wildman–Crippen LogP) is 2.98. The molecule has 17 heavy (non-hydrogen) atoms. The molecule has 1 aliphatic heterocycles. The first kappa shape index (κ1) is 12.5. The van der Waals surface area contributed by atoms with E-state index in [9.17, 15) is 9.59 Å². The van der Waals surface area contributed by atoms with Gasteiger partial charge in [0.2, 0.25) is 3.79 Å². The Kier molecular flexibility index (Phi) is 3.21. The number of carbonyl (C=O) groups is 2. The van der Waals surface area contributed by atoms with E-state index in [2.05, 4.69) is 0 Å². The van der Waals surface area contributed by atoms with Gasteiger partial charge in [0.15, 0.2) is 6.10 Å². The highest BCUT2D eigenvalue weighted by Gasteiger charge is 2.41. The summed E-state index contributed by atoms with van der Waals surface area (Å²) in [6, 6.07) is 6.40. The van der Waals surface area contributed by atoms with E-state index in [-0.39, 0.29) is 5.56 Å². The second-order valence-electron chi connectivity index (χ2n) is 3.37. The summed E-state index contributed by atoms with van der Waals surface area (Å²) in [5.74, 6) is -0.581. The Morgan fingerprint density at radius 2 is 1.82 bits per heavy atom. The van der Waals surface area contributed by atoms with Crippen molar-refractivity contribution in [1.29, 1.82) is 0 Å². The molecule has 2 amide bonds.